The monoisotopic (exact) mass is 285 g/mol. The summed E-state index contributed by atoms with van der Waals surface area (Å²) in [5.74, 6) is -0.0614. The van der Waals surface area contributed by atoms with Crippen LogP contribution in [-0.2, 0) is 0 Å². The van der Waals surface area contributed by atoms with E-state index in [1.165, 1.54) is 6.07 Å². The van der Waals surface area contributed by atoms with Crippen molar-refractivity contribution in [2.24, 2.45) is 0 Å². The lowest BCUT2D eigenvalue weighted by Gasteiger charge is -2.14. The zero-order valence-corrected chi connectivity index (χ0v) is 11.0. The fraction of sp³-hybridized carbons (Fsp3) is 0.417. The summed E-state index contributed by atoms with van der Waals surface area (Å²) in [6.07, 6.45) is 1.81. The second-order valence-corrected chi connectivity index (χ2v) is 4.51. The normalized spacial score (nSPS) is 10.5. The van der Waals surface area contributed by atoms with E-state index in [0.717, 1.165) is 12.8 Å². The number of aromatic hydroxyl groups is 1. The molecule has 0 saturated carbocycles. The van der Waals surface area contributed by atoms with Crippen LogP contribution >= 0.6 is 15.9 Å². The number of benzene rings is 1. The average molecular weight is 286 g/mol. The van der Waals surface area contributed by atoms with E-state index in [2.05, 4.69) is 21.2 Å². The SMILES string of the molecule is CCC(CC)NC(=O)c1ccc(Br)c(O)c1. The number of nitrogens with one attached hydrogen (secondary N) is 1. The Kier molecular flexibility index (Phi) is 4.80. The third-order valence-electron chi connectivity index (χ3n) is 2.53. The van der Waals surface area contributed by atoms with Gasteiger partial charge in [0.2, 0.25) is 0 Å². The summed E-state index contributed by atoms with van der Waals surface area (Å²) >= 11 is 3.17. The van der Waals surface area contributed by atoms with Crippen LogP contribution in [0.4, 0.5) is 0 Å². The maximum absolute atomic E-state index is 11.8. The predicted molar refractivity (Wildman–Crippen MR) is 67.6 cm³/mol. The van der Waals surface area contributed by atoms with E-state index in [4.69, 9.17) is 0 Å². The Morgan fingerprint density at radius 3 is 2.56 bits per heavy atom. The van der Waals surface area contributed by atoms with Crippen LogP contribution in [0.15, 0.2) is 22.7 Å². The van der Waals surface area contributed by atoms with Crippen molar-refractivity contribution in [1.82, 2.24) is 5.32 Å². The molecule has 0 spiro atoms. The second-order valence-electron chi connectivity index (χ2n) is 3.65. The van der Waals surface area contributed by atoms with Crippen LogP contribution in [0.3, 0.4) is 0 Å². The molecule has 3 nitrogen and oxygen atoms in total. The summed E-state index contributed by atoms with van der Waals surface area (Å²) in [7, 11) is 0. The molecular formula is C12H16BrNO2. The van der Waals surface area contributed by atoms with Crippen LogP contribution in [0.2, 0.25) is 0 Å². The van der Waals surface area contributed by atoms with Gasteiger partial charge in [-0.2, -0.15) is 0 Å². The molecule has 0 aliphatic carbocycles. The van der Waals surface area contributed by atoms with Crippen LogP contribution < -0.4 is 5.32 Å². The Bertz CT molecular complexity index is 375. The molecule has 2 N–H and O–H groups in total. The number of amides is 1. The number of halogens is 1. The lowest BCUT2D eigenvalue weighted by atomic mass is 10.1. The van der Waals surface area contributed by atoms with Gasteiger partial charge in [-0.25, -0.2) is 0 Å². The third kappa shape index (κ3) is 3.23. The molecule has 1 amide bonds. The molecule has 0 bridgehead atoms. The summed E-state index contributed by atoms with van der Waals surface area (Å²) in [5.41, 5.74) is 0.479. The first kappa shape index (κ1) is 13.0. The lowest BCUT2D eigenvalue weighted by molar-refractivity contribution is 0.0934. The van der Waals surface area contributed by atoms with Crippen molar-refractivity contribution in [1.29, 1.82) is 0 Å². The van der Waals surface area contributed by atoms with E-state index in [0.29, 0.717) is 10.0 Å². The van der Waals surface area contributed by atoms with E-state index >= 15 is 0 Å². The molecule has 1 aromatic carbocycles. The first-order chi connectivity index (χ1) is 7.58. The van der Waals surface area contributed by atoms with E-state index < -0.39 is 0 Å². The summed E-state index contributed by atoms with van der Waals surface area (Å²) in [4.78, 5) is 11.8. The number of carbonyl (C=O) groups is 1. The highest BCUT2D eigenvalue weighted by Crippen LogP contribution is 2.24. The molecule has 0 unspecified atom stereocenters. The molecular weight excluding hydrogens is 270 g/mol. The van der Waals surface area contributed by atoms with E-state index in [1.54, 1.807) is 12.1 Å². The molecule has 0 radical (unpaired) electrons. The molecule has 0 heterocycles. The molecule has 0 aromatic heterocycles. The first-order valence-corrected chi connectivity index (χ1v) is 6.17. The highest BCUT2D eigenvalue weighted by molar-refractivity contribution is 9.10. The van der Waals surface area contributed by atoms with Crippen molar-refractivity contribution in [2.45, 2.75) is 32.7 Å². The highest BCUT2D eigenvalue weighted by Gasteiger charge is 2.11. The minimum Gasteiger partial charge on any atom is -0.507 e. The summed E-state index contributed by atoms with van der Waals surface area (Å²) < 4.78 is 0.589. The van der Waals surface area contributed by atoms with Crippen molar-refractivity contribution < 1.29 is 9.90 Å². The standard InChI is InChI=1S/C12H16BrNO2/c1-3-9(4-2)14-12(16)8-5-6-10(13)11(15)7-8/h5-7,9,15H,3-4H2,1-2H3,(H,14,16). The van der Waals surface area contributed by atoms with E-state index in [-0.39, 0.29) is 17.7 Å². The molecule has 1 aromatic rings. The minimum absolute atomic E-state index is 0.0807. The van der Waals surface area contributed by atoms with Crippen LogP contribution in [0.5, 0.6) is 5.75 Å². The maximum Gasteiger partial charge on any atom is 0.251 e. The summed E-state index contributed by atoms with van der Waals surface area (Å²) in [6, 6.07) is 5.00. The number of hydrogen-bond donors (Lipinski definition) is 2. The molecule has 0 atom stereocenters. The van der Waals surface area contributed by atoms with Gasteiger partial charge < -0.3 is 10.4 Å². The number of phenols is 1. The molecule has 0 aliphatic heterocycles. The number of rotatable bonds is 4. The Labute approximate surface area is 104 Å². The van der Waals surface area contributed by atoms with Gasteiger partial charge in [0.25, 0.3) is 5.91 Å². The van der Waals surface area contributed by atoms with E-state index in [1.807, 2.05) is 13.8 Å². The van der Waals surface area contributed by atoms with Gasteiger partial charge in [-0.15, -0.1) is 0 Å². The average Bonchev–Trinajstić information content (AvgIpc) is 2.29. The van der Waals surface area contributed by atoms with Gasteiger partial charge in [0, 0.05) is 11.6 Å². The zero-order valence-electron chi connectivity index (χ0n) is 9.46. The van der Waals surface area contributed by atoms with Gasteiger partial charge in [-0.05, 0) is 47.0 Å². The van der Waals surface area contributed by atoms with Crippen molar-refractivity contribution in [3.63, 3.8) is 0 Å². The molecule has 16 heavy (non-hydrogen) atoms. The predicted octanol–water partition coefficient (Wildman–Crippen LogP) is 3.07. The molecule has 88 valence electrons. The van der Waals surface area contributed by atoms with Gasteiger partial charge in [0.05, 0.1) is 4.47 Å². The largest absolute Gasteiger partial charge is 0.507 e. The van der Waals surface area contributed by atoms with Crippen LogP contribution in [0.1, 0.15) is 37.0 Å². The van der Waals surface area contributed by atoms with Gasteiger partial charge in [0.1, 0.15) is 5.75 Å². The quantitative estimate of drug-likeness (QED) is 0.893. The lowest BCUT2D eigenvalue weighted by Crippen LogP contribution is -2.33. The first-order valence-electron chi connectivity index (χ1n) is 5.37. The smallest absolute Gasteiger partial charge is 0.251 e. The third-order valence-corrected chi connectivity index (χ3v) is 3.20. The fourth-order valence-electron chi connectivity index (χ4n) is 1.42. The number of phenolic OH excluding ortho intramolecular Hbond substituents is 1. The van der Waals surface area contributed by atoms with Crippen molar-refractivity contribution >= 4 is 21.8 Å². The zero-order chi connectivity index (χ0) is 12.1. The fourth-order valence-corrected chi connectivity index (χ4v) is 1.66. The molecule has 0 saturated heterocycles. The maximum atomic E-state index is 11.8. The minimum atomic E-state index is -0.142. The van der Waals surface area contributed by atoms with Gasteiger partial charge in [-0.1, -0.05) is 13.8 Å². The van der Waals surface area contributed by atoms with Crippen molar-refractivity contribution in [3.05, 3.63) is 28.2 Å². The molecule has 4 heteroatoms. The van der Waals surface area contributed by atoms with Gasteiger partial charge >= 0.3 is 0 Å². The number of carbonyl (C=O) groups excluding carboxylic acids is 1. The molecule has 1 rings (SSSR count). The van der Waals surface area contributed by atoms with Crippen LogP contribution in [0.25, 0.3) is 0 Å². The Morgan fingerprint density at radius 1 is 1.44 bits per heavy atom. The Morgan fingerprint density at radius 2 is 2.06 bits per heavy atom. The van der Waals surface area contributed by atoms with Crippen molar-refractivity contribution in [2.75, 3.05) is 0 Å². The molecule has 0 aliphatic rings. The van der Waals surface area contributed by atoms with Crippen LogP contribution in [-0.4, -0.2) is 17.1 Å². The van der Waals surface area contributed by atoms with Crippen molar-refractivity contribution in [3.8, 4) is 5.75 Å². The second kappa shape index (κ2) is 5.89. The van der Waals surface area contributed by atoms with Gasteiger partial charge in [0.15, 0.2) is 0 Å². The van der Waals surface area contributed by atoms with E-state index in [9.17, 15) is 9.90 Å². The highest BCUT2D eigenvalue weighted by atomic mass is 79.9. The summed E-state index contributed by atoms with van der Waals surface area (Å²) in [5, 5.41) is 12.4. The van der Waals surface area contributed by atoms with Crippen LogP contribution in [0, 0.1) is 0 Å². The van der Waals surface area contributed by atoms with Gasteiger partial charge in [-0.3, -0.25) is 4.79 Å². The number of hydrogen-bond acceptors (Lipinski definition) is 2. The Balaban J connectivity index is 2.76. The topological polar surface area (TPSA) is 49.3 Å². The summed E-state index contributed by atoms with van der Waals surface area (Å²) in [6.45, 7) is 4.07. The Hall–Kier alpha value is -1.03. The molecule has 0 fully saturated rings.